The molecule has 1 aliphatic heterocycles. The Morgan fingerprint density at radius 3 is 2.37 bits per heavy atom. The first-order chi connectivity index (χ1) is 18.4. The van der Waals surface area contributed by atoms with Crippen molar-refractivity contribution in [2.45, 2.75) is 76.4 Å². The normalized spacial score (nSPS) is 26.1. The van der Waals surface area contributed by atoms with E-state index in [1.165, 1.54) is 11.1 Å². The average Bonchev–Trinajstić information content (AvgIpc) is 2.92. The number of anilines is 2. The topological polar surface area (TPSA) is 62.2 Å². The van der Waals surface area contributed by atoms with Crippen molar-refractivity contribution in [1.29, 1.82) is 0 Å². The van der Waals surface area contributed by atoms with E-state index in [-0.39, 0.29) is 24.0 Å². The van der Waals surface area contributed by atoms with Gasteiger partial charge in [-0.05, 0) is 106 Å². The molecule has 3 aliphatic rings. The van der Waals surface area contributed by atoms with Gasteiger partial charge in [0.25, 0.3) is 0 Å². The first-order valence-electron chi connectivity index (χ1n) is 14.5. The number of aliphatic hydroxyl groups is 1. The lowest BCUT2D eigenvalue weighted by Gasteiger charge is -2.40. The molecule has 0 atom stereocenters. The summed E-state index contributed by atoms with van der Waals surface area (Å²) in [6.07, 6.45) is 7.60. The molecule has 0 bridgehead atoms. The number of carbonyl (C=O) groups excluding carboxylic acids is 1. The molecule has 0 radical (unpaired) electrons. The zero-order valence-electron chi connectivity index (χ0n) is 23.3. The Morgan fingerprint density at radius 1 is 0.974 bits per heavy atom. The van der Waals surface area contributed by atoms with Crippen LogP contribution in [0.1, 0.15) is 68.4 Å². The monoisotopic (exact) mass is 520 g/mol. The van der Waals surface area contributed by atoms with Gasteiger partial charge in [-0.3, -0.25) is 4.79 Å². The molecule has 206 valence electrons. The summed E-state index contributed by atoms with van der Waals surface area (Å²) in [7, 11) is 3.50. The summed E-state index contributed by atoms with van der Waals surface area (Å²) in [5.74, 6) is 2.26. The van der Waals surface area contributed by atoms with Gasteiger partial charge in [-0.2, -0.15) is 0 Å². The van der Waals surface area contributed by atoms with E-state index in [1.807, 2.05) is 0 Å². The van der Waals surface area contributed by atoms with Crippen molar-refractivity contribution in [2.24, 2.45) is 11.8 Å². The predicted octanol–water partition coefficient (Wildman–Crippen LogP) is 5.70. The number of aliphatic hydroxyl groups excluding tert-OH is 1. The molecule has 1 saturated heterocycles. The third kappa shape index (κ3) is 6.02. The fourth-order valence-corrected chi connectivity index (χ4v) is 6.61. The van der Waals surface area contributed by atoms with Gasteiger partial charge in [0.15, 0.2) is 0 Å². The first-order valence-corrected chi connectivity index (χ1v) is 14.5. The van der Waals surface area contributed by atoms with Gasteiger partial charge in [0.1, 0.15) is 5.75 Å². The van der Waals surface area contributed by atoms with Crippen molar-refractivity contribution in [3.05, 3.63) is 53.6 Å². The number of methoxy groups -OCH3 is 2. The maximum Gasteiger partial charge on any atom is 0.230 e. The summed E-state index contributed by atoms with van der Waals surface area (Å²) in [5, 5.41) is 10.0. The van der Waals surface area contributed by atoms with E-state index in [1.54, 1.807) is 14.2 Å². The van der Waals surface area contributed by atoms with E-state index in [9.17, 15) is 9.90 Å². The molecule has 1 heterocycles. The molecule has 38 heavy (non-hydrogen) atoms. The Bertz CT molecular complexity index is 1080. The van der Waals surface area contributed by atoms with Crippen LogP contribution in [0.15, 0.2) is 42.5 Å². The SMILES string of the molecule is COc1ccc([C@H]2CC[C@H](CN(c3cccc(N4CC(OC)C4)c3)C(=O)[C@H]3CC[C@H](O)CC3)CC2)cc1C. The molecule has 6 heteroatoms. The minimum Gasteiger partial charge on any atom is -0.496 e. The maximum atomic E-state index is 13.9. The molecule has 2 aromatic rings. The Balaban J connectivity index is 1.29. The standard InChI is InChI=1S/C32H44N2O4/c1-22-17-26(13-16-31(22)38-3)24-9-7-23(8-10-24)19-34(32(36)25-11-14-29(35)15-12-25)28-6-4-5-27(18-28)33-20-30(21-33)37-2/h4-6,13,16-18,23-25,29-30,35H,7-12,14-15,19-21H2,1-3H3/t23-,24-,25-,29-. The van der Waals surface area contributed by atoms with E-state index in [4.69, 9.17) is 9.47 Å². The van der Waals surface area contributed by atoms with E-state index >= 15 is 0 Å². The second kappa shape index (κ2) is 12.1. The molecule has 5 rings (SSSR count). The first kappa shape index (κ1) is 27.0. The van der Waals surface area contributed by atoms with Gasteiger partial charge in [0.05, 0.1) is 19.3 Å². The van der Waals surface area contributed by atoms with E-state index in [0.717, 1.165) is 88.1 Å². The largest absolute Gasteiger partial charge is 0.496 e. The van der Waals surface area contributed by atoms with Crippen LogP contribution in [0.5, 0.6) is 5.75 Å². The highest BCUT2D eigenvalue weighted by molar-refractivity contribution is 5.95. The Labute approximate surface area is 227 Å². The quantitative estimate of drug-likeness (QED) is 0.484. The minimum atomic E-state index is -0.257. The molecule has 6 nitrogen and oxygen atoms in total. The zero-order valence-corrected chi connectivity index (χ0v) is 23.3. The van der Waals surface area contributed by atoms with Crippen molar-refractivity contribution in [3.8, 4) is 5.75 Å². The molecule has 0 unspecified atom stereocenters. The van der Waals surface area contributed by atoms with Crippen molar-refractivity contribution in [3.63, 3.8) is 0 Å². The zero-order chi connectivity index (χ0) is 26.6. The summed E-state index contributed by atoms with van der Waals surface area (Å²) in [6, 6.07) is 15.1. The molecule has 3 fully saturated rings. The highest BCUT2D eigenvalue weighted by Gasteiger charge is 2.33. The van der Waals surface area contributed by atoms with Gasteiger partial charge < -0.3 is 24.4 Å². The molecular weight excluding hydrogens is 476 g/mol. The second-order valence-corrected chi connectivity index (χ2v) is 11.7. The highest BCUT2D eigenvalue weighted by Crippen LogP contribution is 2.39. The fourth-order valence-electron chi connectivity index (χ4n) is 6.61. The number of hydrogen-bond donors (Lipinski definition) is 1. The number of benzene rings is 2. The average molecular weight is 521 g/mol. The third-order valence-electron chi connectivity index (χ3n) is 9.18. The predicted molar refractivity (Wildman–Crippen MR) is 152 cm³/mol. The van der Waals surface area contributed by atoms with Crippen molar-refractivity contribution in [2.75, 3.05) is 43.7 Å². The molecule has 1 amide bonds. The van der Waals surface area contributed by atoms with Crippen molar-refractivity contribution < 1.29 is 19.4 Å². The van der Waals surface area contributed by atoms with Crippen LogP contribution >= 0.6 is 0 Å². The van der Waals surface area contributed by atoms with Gasteiger partial charge in [-0.15, -0.1) is 0 Å². The summed E-state index contributed by atoms with van der Waals surface area (Å²) in [5.41, 5.74) is 4.77. The molecule has 1 N–H and O–H groups in total. The fraction of sp³-hybridized carbons (Fsp3) is 0.594. The number of amides is 1. The van der Waals surface area contributed by atoms with Crippen LogP contribution in [0.3, 0.4) is 0 Å². The number of carbonyl (C=O) groups is 1. The number of nitrogens with zero attached hydrogens (tertiary/aromatic N) is 2. The lowest BCUT2D eigenvalue weighted by atomic mass is 9.78. The highest BCUT2D eigenvalue weighted by atomic mass is 16.5. The van der Waals surface area contributed by atoms with E-state index < -0.39 is 0 Å². The Hall–Kier alpha value is -2.57. The van der Waals surface area contributed by atoms with Crippen molar-refractivity contribution >= 4 is 17.3 Å². The van der Waals surface area contributed by atoms with Crippen LogP contribution in [0, 0.1) is 18.8 Å². The molecule has 0 aromatic heterocycles. The van der Waals surface area contributed by atoms with Gasteiger partial charge >= 0.3 is 0 Å². The van der Waals surface area contributed by atoms with Crippen LogP contribution in [0.2, 0.25) is 0 Å². The van der Waals surface area contributed by atoms with Gasteiger partial charge in [-0.1, -0.05) is 18.2 Å². The van der Waals surface area contributed by atoms with Gasteiger partial charge in [0, 0.05) is 44.0 Å². The van der Waals surface area contributed by atoms with Crippen LogP contribution in [-0.4, -0.2) is 57.1 Å². The smallest absolute Gasteiger partial charge is 0.230 e. The summed E-state index contributed by atoms with van der Waals surface area (Å²) >= 11 is 0. The number of ether oxygens (including phenoxy) is 2. The number of rotatable bonds is 8. The molecule has 2 aliphatic carbocycles. The molecule has 2 saturated carbocycles. The molecular formula is C32H44N2O4. The Kier molecular flexibility index (Phi) is 8.59. The number of aryl methyl sites for hydroxylation is 1. The summed E-state index contributed by atoms with van der Waals surface area (Å²) in [4.78, 5) is 18.3. The van der Waals surface area contributed by atoms with Gasteiger partial charge in [-0.25, -0.2) is 0 Å². The maximum absolute atomic E-state index is 13.9. The molecule has 2 aromatic carbocycles. The van der Waals surface area contributed by atoms with E-state index in [2.05, 4.69) is 59.2 Å². The third-order valence-corrected chi connectivity index (χ3v) is 9.18. The van der Waals surface area contributed by atoms with Crippen LogP contribution in [0.4, 0.5) is 11.4 Å². The van der Waals surface area contributed by atoms with Crippen LogP contribution in [0.25, 0.3) is 0 Å². The van der Waals surface area contributed by atoms with Gasteiger partial charge in [0.2, 0.25) is 5.91 Å². The lowest BCUT2D eigenvalue weighted by molar-refractivity contribution is -0.124. The Morgan fingerprint density at radius 2 is 1.71 bits per heavy atom. The number of hydrogen-bond acceptors (Lipinski definition) is 5. The minimum absolute atomic E-state index is 0.00236. The summed E-state index contributed by atoms with van der Waals surface area (Å²) < 4.78 is 10.9. The molecule has 0 spiro atoms. The second-order valence-electron chi connectivity index (χ2n) is 11.7. The summed E-state index contributed by atoms with van der Waals surface area (Å²) in [6.45, 7) is 4.67. The van der Waals surface area contributed by atoms with Crippen LogP contribution in [-0.2, 0) is 9.53 Å². The van der Waals surface area contributed by atoms with E-state index in [0.29, 0.717) is 11.8 Å². The van der Waals surface area contributed by atoms with Crippen molar-refractivity contribution in [1.82, 2.24) is 0 Å². The lowest BCUT2D eigenvalue weighted by Crippen LogP contribution is -2.52. The van der Waals surface area contributed by atoms with Crippen LogP contribution < -0.4 is 14.5 Å².